The number of aryl methyl sites for hydroxylation is 2. The fraction of sp³-hybridized carbons (Fsp3) is 0.500. The molecule has 0 aromatic heterocycles. The molecule has 0 saturated heterocycles. The Morgan fingerprint density at radius 3 is 1.86 bits per heavy atom. The van der Waals surface area contributed by atoms with Crippen LogP contribution in [-0.2, 0) is 21.1 Å². The van der Waals surface area contributed by atoms with E-state index < -0.39 is 0 Å². The zero-order valence-electron chi connectivity index (χ0n) is 19.8. The topological polar surface area (TPSA) is 0 Å². The van der Waals surface area contributed by atoms with E-state index in [1.54, 1.807) is 0 Å². The minimum absolute atomic E-state index is 0. The zero-order chi connectivity index (χ0) is 21.1. The molecule has 0 bridgehead atoms. The average molecular weight is 560 g/mol. The van der Waals surface area contributed by atoms with Gasteiger partial charge in [0.05, 0.1) is 0 Å². The minimum atomic E-state index is 0. The maximum Gasteiger partial charge on any atom is 0.0251 e. The predicted molar refractivity (Wildman–Crippen MR) is 126 cm³/mol. The number of hydrogen-bond donors (Lipinski definition) is 0. The molecule has 3 rings (SSSR count). The van der Waals surface area contributed by atoms with Gasteiger partial charge in [0.25, 0.3) is 0 Å². The summed E-state index contributed by atoms with van der Waals surface area (Å²) in [6.45, 7) is 17.2. The van der Waals surface area contributed by atoms with E-state index in [-0.39, 0.29) is 21.1 Å². The molecule has 3 unspecified atom stereocenters. The predicted octanol–water partition coefficient (Wildman–Crippen LogP) is 8.29. The summed E-state index contributed by atoms with van der Waals surface area (Å²) < 4.78 is 0. The van der Waals surface area contributed by atoms with Gasteiger partial charge < -0.3 is 0 Å². The maximum atomic E-state index is 3.32. The fourth-order valence-electron chi connectivity index (χ4n) is 4.08. The molecule has 0 amide bonds. The first-order valence-corrected chi connectivity index (χ1v) is 11.2. The Kier molecular flexibility index (Phi) is 14.0. The van der Waals surface area contributed by atoms with Crippen molar-refractivity contribution >= 4 is 0 Å². The van der Waals surface area contributed by atoms with Crippen LogP contribution in [0, 0.1) is 37.5 Å². The Bertz CT molecular complexity index is 761. The van der Waals surface area contributed by atoms with Gasteiger partial charge in [-0.15, -0.1) is 0 Å². The molecule has 0 aliphatic heterocycles. The van der Waals surface area contributed by atoms with Crippen molar-refractivity contribution in [1.29, 1.82) is 0 Å². The van der Waals surface area contributed by atoms with Crippen LogP contribution in [0.1, 0.15) is 94.5 Å². The number of hydrogen-bond acceptors (Lipinski definition) is 0. The van der Waals surface area contributed by atoms with Crippen LogP contribution in [0.15, 0.2) is 42.5 Å². The summed E-state index contributed by atoms with van der Waals surface area (Å²) in [5, 5.41) is 0. The van der Waals surface area contributed by atoms with Crippen molar-refractivity contribution in [2.24, 2.45) is 11.8 Å². The Balaban J connectivity index is 0.00000148. The number of benzene rings is 2. The van der Waals surface area contributed by atoms with Crippen molar-refractivity contribution in [1.82, 2.24) is 0 Å². The van der Waals surface area contributed by atoms with E-state index in [2.05, 4.69) is 82.0 Å². The molecule has 2 aromatic rings. The van der Waals surface area contributed by atoms with Gasteiger partial charge in [-0.05, 0) is 79.8 Å². The van der Waals surface area contributed by atoms with E-state index in [4.69, 9.17) is 0 Å². The van der Waals surface area contributed by atoms with Gasteiger partial charge in [0.1, 0.15) is 0 Å². The quantitative estimate of drug-likeness (QED) is 0.308. The van der Waals surface area contributed by atoms with Crippen LogP contribution in [0.5, 0.6) is 0 Å². The molecule has 0 radical (unpaired) electrons. The van der Waals surface area contributed by atoms with Gasteiger partial charge in [-0.1, -0.05) is 83.6 Å². The molecule has 1 saturated carbocycles. The van der Waals surface area contributed by atoms with Gasteiger partial charge in [-0.25, -0.2) is 0 Å². The van der Waals surface area contributed by atoms with E-state index >= 15 is 0 Å². The largest absolute Gasteiger partial charge is 0.0683 e. The number of rotatable bonds is 1. The van der Waals surface area contributed by atoms with Gasteiger partial charge in [0, 0.05) is 32.2 Å². The first-order chi connectivity index (χ1) is 13.5. The van der Waals surface area contributed by atoms with E-state index in [1.807, 2.05) is 27.7 Å². The van der Waals surface area contributed by atoms with Crippen molar-refractivity contribution < 1.29 is 21.1 Å². The summed E-state index contributed by atoms with van der Waals surface area (Å²) in [7, 11) is 0. The molecule has 158 valence electrons. The van der Waals surface area contributed by atoms with Crippen molar-refractivity contribution in [3.63, 3.8) is 0 Å². The molecule has 2 aromatic carbocycles. The molecule has 3 atom stereocenters. The summed E-state index contributed by atoms with van der Waals surface area (Å²) >= 11 is 0. The van der Waals surface area contributed by atoms with E-state index in [1.165, 1.54) is 36.0 Å². The standard InChI is InChI=1S/C24H28.2C2H6.W/c1-17-5-8-21(9-6-17)10-11-22-12-14-24(20(4)16-22)23-13-7-18(2)15-19(23)3;2*1-2;/h5-6,8-9,12,14,16,18-19,23H,7,13,15H2,1-4H3;2*1-2H3;. The summed E-state index contributed by atoms with van der Waals surface area (Å²) in [6.07, 6.45) is 4.06. The molecular formula is C28H40W. The van der Waals surface area contributed by atoms with Gasteiger partial charge in [0.2, 0.25) is 0 Å². The molecule has 1 fully saturated rings. The SMILES string of the molecule is CC.CC.Cc1ccc(C#Cc2ccc(C3CCC(C)CC3C)c(C)c2)cc1.[W]. The second-order valence-electron chi connectivity index (χ2n) is 7.69. The molecule has 0 N–H and O–H groups in total. The Hall–Kier alpha value is -1.31. The third-order valence-corrected chi connectivity index (χ3v) is 5.50. The second kappa shape index (κ2) is 14.6. The maximum absolute atomic E-state index is 3.32. The molecule has 1 aliphatic carbocycles. The Morgan fingerprint density at radius 1 is 0.759 bits per heavy atom. The van der Waals surface area contributed by atoms with Crippen LogP contribution >= 0.6 is 0 Å². The average Bonchev–Trinajstić information content (AvgIpc) is 2.71. The first-order valence-electron chi connectivity index (χ1n) is 11.2. The molecule has 1 aliphatic rings. The van der Waals surface area contributed by atoms with Gasteiger partial charge in [-0.2, -0.15) is 0 Å². The monoisotopic (exact) mass is 560 g/mol. The van der Waals surface area contributed by atoms with Crippen LogP contribution in [0.3, 0.4) is 0 Å². The van der Waals surface area contributed by atoms with Crippen molar-refractivity contribution in [3.8, 4) is 11.8 Å². The normalized spacial score (nSPS) is 19.8. The molecular weight excluding hydrogens is 520 g/mol. The third kappa shape index (κ3) is 8.52. The molecule has 0 nitrogen and oxygen atoms in total. The van der Waals surface area contributed by atoms with Crippen LogP contribution in [0.2, 0.25) is 0 Å². The Morgan fingerprint density at radius 2 is 1.31 bits per heavy atom. The van der Waals surface area contributed by atoms with Gasteiger partial charge in [0.15, 0.2) is 0 Å². The summed E-state index contributed by atoms with van der Waals surface area (Å²) in [5.41, 5.74) is 6.41. The van der Waals surface area contributed by atoms with Crippen LogP contribution in [-0.4, -0.2) is 0 Å². The second-order valence-corrected chi connectivity index (χ2v) is 7.69. The van der Waals surface area contributed by atoms with Crippen molar-refractivity contribution in [2.75, 3.05) is 0 Å². The van der Waals surface area contributed by atoms with Gasteiger partial charge >= 0.3 is 0 Å². The third-order valence-electron chi connectivity index (χ3n) is 5.50. The van der Waals surface area contributed by atoms with E-state index in [0.29, 0.717) is 0 Å². The van der Waals surface area contributed by atoms with Crippen LogP contribution in [0.25, 0.3) is 0 Å². The summed E-state index contributed by atoms with van der Waals surface area (Å²) in [6, 6.07) is 15.2. The zero-order valence-corrected chi connectivity index (χ0v) is 22.7. The molecule has 0 spiro atoms. The van der Waals surface area contributed by atoms with Gasteiger partial charge in [-0.3, -0.25) is 0 Å². The summed E-state index contributed by atoms with van der Waals surface area (Å²) in [4.78, 5) is 0. The first kappa shape index (κ1) is 27.7. The molecule has 29 heavy (non-hydrogen) atoms. The van der Waals surface area contributed by atoms with Crippen molar-refractivity contribution in [3.05, 3.63) is 70.3 Å². The summed E-state index contributed by atoms with van der Waals surface area (Å²) in [5.74, 6) is 9.00. The van der Waals surface area contributed by atoms with Crippen LogP contribution < -0.4 is 0 Å². The fourth-order valence-corrected chi connectivity index (χ4v) is 4.08. The smallest absolute Gasteiger partial charge is 0.0251 e. The Labute approximate surface area is 195 Å². The molecule has 1 heteroatoms. The van der Waals surface area contributed by atoms with E-state index in [9.17, 15) is 0 Å². The minimum Gasteiger partial charge on any atom is -0.0683 e. The van der Waals surface area contributed by atoms with E-state index in [0.717, 1.165) is 28.9 Å². The van der Waals surface area contributed by atoms with Crippen molar-refractivity contribution in [2.45, 2.75) is 80.6 Å². The van der Waals surface area contributed by atoms with Crippen LogP contribution in [0.4, 0.5) is 0 Å². The molecule has 0 heterocycles.